The molecular formula is C64H102. The largest absolute Gasteiger partial charge is 0.0817 e. The quantitative estimate of drug-likeness (QED) is 0.233. The first-order valence-corrected chi connectivity index (χ1v) is 31.5. The normalized spacial score (nSPS) is 52.2. The Labute approximate surface area is 396 Å². The summed E-state index contributed by atoms with van der Waals surface area (Å²) < 4.78 is 0. The molecule has 0 heteroatoms. The van der Waals surface area contributed by atoms with Gasteiger partial charge in [-0.25, -0.2) is 0 Å². The first kappa shape index (κ1) is 43.7. The molecule has 0 N–H and O–H groups in total. The fraction of sp³-hybridized carbons (Fsp3) is 0.969. The van der Waals surface area contributed by atoms with E-state index in [1.54, 1.807) is 186 Å². The third-order valence-corrected chi connectivity index (χ3v) is 26.3. The molecule has 0 radical (unpaired) electrons. The van der Waals surface area contributed by atoms with Crippen molar-refractivity contribution < 1.29 is 0 Å². The maximum atomic E-state index is 3.04. The average molecular weight is 872 g/mol. The number of hydrogen-bond acceptors (Lipinski definition) is 0. The van der Waals surface area contributed by atoms with Gasteiger partial charge in [-0.1, -0.05) is 121 Å². The van der Waals surface area contributed by atoms with E-state index in [1.165, 1.54) is 70.1 Å². The highest BCUT2D eigenvalue weighted by atomic mass is 14.7. The lowest BCUT2D eigenvalue weighted by atomic mass is 9.39. The Balaban J connectivity index is 0.781. The van der Waals surface area contributed by atoms with Crippen molar-refractivity contribution in [3.05, 3.63) is 11.6 Å². The fourth-order valence-corrected chi connectivity index (χ4v) is 24.7. The highest BCUT2D eigenvalue weighted by molar-refractivity contribution is 5.16. The van der Waals surface area contributed by atoms with Crippen LogP contribution in [0.2, 0.25) is 0 Å². The molecule has 15 atom stereocenters. The SMILES string of the molecule is C(=C(C1CCCCC1)C1CCCCC1)C1CCC(C2C3CCCCC3C(C3C4CCCCC4C(C4CCC5C6CCCCC6C6CCCC4C65)C4CCCCC43)C3CCCCC32)CC1. The maximum Gasteiger partial charge on any atom is -0.0200 e. The number of rotatable bonds is 6. The van der Waals surface area contributed by atoms with E-state index in [0.29, 0.717) is 0 Å². The molecule has 0 nitrogen and oxygen atoms in total. The van der Waals surface area contributed by atoms with Gasteiger partial charge in [-0.05, 0) is 277 Å². The van der Waals surface area contributed by atoms with Crippen molar-refractivity contribution in [1.29, 1.82) is 0 Å². The van der Waals surface area contributed by atoms with Crippen molar-refractivity contribution in [2.24, 2.45) is 136 Å². The number of hydrogen-bond donors (Lipinski definition) is 0. The van der Waals surface area contributed by atoms with E-state index in [0.717, 1.165) is 130 Å². The summed E-state index contributed by atoms with van der Waals surface area (Å²) in [6, 6.07) is 0. The van der Waals surface area contributed by atoms with E-state index in [-0.39, 0.29) is 0 Å². The highest BCUT2D eigenvalue weighted by Gasteiger charge is 2.64. The molecule has 0 aliphatic heterocycles. The predicted molar refractivity (Wildman–Crippen MR) is 268 cm³/mol. The van der Waals surface area contributed by atoms with E-state index >= 15 is 0 Å². The van der Waals surface area contributed by atoms with Gasteiger partial charge >= 0.3 is 0 Å². The molecule has 64 heavy (non-hydrogen) atoms. The summed E-state index contributed by atoms with van der Waals surface area (Å²) in [5.41, 5.74) is 2.03. The zero-order valence-electron chi connectivity index (χ0n) is 41.9. The highest BCUT2D eigenvalue weighted by Crippen LogP contribution is 2.71. The maximum absolute atomic E-state index is 3.04. The lowest BCUT2D eigenvalue weighted by Crippen LogP contribution is -2.60. The van der Waals surface area contributed by atoms with Gasteiger partial charge in [-0.3, -0.25) is 0 Å². The molecular weight excluding hydrogens is 769 g/mol. The molecule has 0 aromatic carbocycles. The van der Waals surface area contributed by atoms with Crippen LogP contribution in [0.25, 0.3) is 0 Å². The van der Waals surface area contributed by atoms with Crippen molar-refractivity contribution in [2.75, 3.05) is 0 Å². The van der Waals surface area contributed by atoms with Crippen LogP contribution in [0.4, 0.5) is 0 Å². The van der Waals surface area contributed by atoms with Gasteiger partial charge in [0.05, 0.1) is 0 Å². The molecule has 0 heterocycles. The summed E-state index contributed by atoms with van der Waals surface area (Å²) in [5.74, 6) is 25.5. The Bertz CT molecular complexity index is 1480. The van der Waals surface area contributed by atoms with Crippen LogP contribution in [-0.2, 0) is 0 Å². The monoisotopic (exact) mass is 871 g/mol. The van der Waals surface area contributed by atoms with Gasteiger partial charge in [-0.2, -0.15) is 0 Å². The standard InChI is InChI=1S/C64H102/c1-3-18-42(19-4-1)59(43-20-5-2-6-21-43)40-41-34-36-44(37-35-41)60-48-24-9-13-28-53(48)63(54-29-14-10-25-49(54)60)64-55-30-15-11-26-50(55)62(51-27-12-16-31-56(51)64)58-39-38-57-46-23-8-7-22-45(46)47-32-17-33-52(58)61(47)57/h40-58,60-64H,1-39H2. The Morgan fingerprint density at radius 2 is 0.484 bits per heavy atom. The lowest BCUT2D eigenvalue weighted by molar-refractivity contribution is -0.180. The number of allylic oxidation sites excluding steroid dienone is 2. The van der Waals surface area contributed by atoms with Gasteiger partial charge in [0.2, 0.25) is 0 Å². The van der Waals surface area contributed by atoms with Crippen LogP contribution < -0.4 is 0 Å². The minimum atomic E-state index is 0.921. The Kier molecular flexibility index (Phi) is 13.1. The molecule has 13 aliphatic carbocycles. The minimum absolute atomic E-state index is 0.921. The second-order valence-electron chi connectivity index (χ2n) is 28.1. The van der Waals surface area contributed by atoms with E-state index in [9.17, 15) is 0 Å². The van der Waals surface area contributed by atoms with Crippen molar-refractivity contribution in [3.8, 4) is 0 Å². The molecule has 0 bridgehead atoms. The van der Waals surface area contributed by atoms with Crippen molar-refractivity contribution in [1.82, 2.24) is 0 Å². The van der Waals surface area contributed by atoms with Gasteiger partial charge in [-0.15, -0.1) is 0 Å². The summed E-state index contributed by atoms with van der Waals surface area (Å²) in [5, 5.41) is 0. The summed E-state index contributed by atoms with van der Waals surface area (Å²) in [6.45, 7) is 0. The zero-order chi connectivity index (χ0) is 42.1. The molecule has 13 fully saturated rings. The van der Waals surface area contributed by atoms with Crippen LogP contribution in [0.5, 0.6) is 0 Å². The summed E-state index contributed by atoms with van der Waals surface area (Å²) in [7, 11) is 0. The molecule has 358 valence electrons. The second-order valence-corrected chi connectivity index (χ2v) is 28.1. The molecule has 0 aromatic heterocycles. The molecule has 15 unspecified atom stereocenters. The van der Waals surface area contributed by atoms with Gasteiger partial charge < -0.3 is 0 Å². The summed E-state index contributed by atoms with van der Waals surface area (Å²) >= 11 is 0. The lowest BCUT2D eigenvalue weighted by Gasteiger charge is -2.66. The molecule has 0 saturated heterocycles. The van der Waals surface area contributed by atoms with Crippen LogP contribution in [0, 0.1) is 136 Å². The molecule has 13 saturated carbocycles. The van der Waals surface area contributed by atoms with Gasteiger partial charge in [0.25, 0.3) is 0 Å². The Morgan fingerprint density at radius 1 is 0.203 bits per heavy atom. The molecule has 13 aliphatic rings. The smallest absolute Gasteiger partial charge is 0.0200 e. The van der Waals surface area contributed by atoms with Crippen LogP contribution >= 0.6 is 0 Å². The zero-order valence-corrected chi connectivity index (χ0v) is 41.9. The molecule has 0 aromatic rings. The van der Waals surface area contributed by atoms with Crippen molar-refractivity contribution in [3.63, 3.8) is 0 Å². The van der Waals surface area contributed by atoms with E-state index < -0.39 is 0 Å². The summed E-state index contributed by atoms with van der Waals surface area (Å²) in [6.07, 6.45) is 65.3. The van der Waals surface area contributed by atoms with Gasteiger partial charge in [0, 0.05) is 0 Å². The first-order valence-electron chi connectivity index (χ1n) is 31.5. The van der Waals surface area contributed by atoms with Gasteiger partial charge in [0.1, 0.15) is 0 Å². The average Bonchev–Trinajstić information content (AvgIpc) is 3.70. The first-order chi connectivity index (χ1) is 31.8. The van der Waals surface area contributed by atoms with Crippen LogP contribution in [0.1, 0.15) is 250 Å². The van der Waals surface area contributed by atoms with Gasteiger partial charge in [0.15, 0.2) is 0 Å². The predicted octanol–water partition coefficient (Wildman–Crippen LogP) is 18.5. The number of fused-ring (bicyclic) bond motifs is 7. The fourth-order valence-electron chi connectivity index (χ4n) is 24.7. The van der Waals surface area contributed by atoms with Crippen molar-refractivity contribution in [2.45, 2.75) is 250 Å². The molecule has 0 amide bonds. The van der Waals surface area contributed by atoms with Crippen LogP contribution in [0.3, 0.4) is 0 Å². The third-order valence-electron chi connectivity index (χ3n) is 26.3. The topological polar surface area (TPSA) is 0 Å². The Morgan fingerprint density at radius 3 is 0.891 bits per heavy atom. The molecule has 0 spiro atoms. The summed E-state index contributed by atoms with van der Waals surface area (Å²) in [4.78, 5) is 0. The van der Waals surface area contributed by atoms with Crippen LogP contribution in [0.15, 0.2) is 11.6 Å². The van der Waals surface area contributed by atoms with E-state index in [2.05, 4.69) is 6.08 Å². The van der Waals surface area contributed by atoms with E-state index in [4.69, 9.17) is 0 Å². The minimum Gasteiger partial charge on any atom is -0.0817 e. The van der Waals surface area contributed by atoms with Crippen LogP contribution in [-0.4, -0.2) is 0 Å². The molecule has 13 rings (SSSR count). The third kappa shape index (κ3) is 7.72. The van der Waals surface area contributed by atoms with E-state index in [1.807, 2.05) is 5.57 Å². The second kappa shape index (κ2) is 19.2. The Hall–Kier alpha value is -0.260. The van der Waals surface area contributed by atoms with Crippen molar-refractivity contribution >= 4 is 0 Å².